The van der Waals surface area contributed by atoms with Gasteiger partial charge in [0.2, 0.25) is 5.91 Å². The normalized spacial score (nSPS) is 10.9. The van der Waals surface area contributed by atoms with Crippen LogP contribution in [0.1, 0.15) is 23.1 Å². The molecule has 34 heavy (non-hydrogen) atoms. The smallest absolute Gasteiger partial charge is 0.330 e. The number of thioether (sulfide) groups is 1. The number of nitrogen functional groups attached to an aromatic ring is 1. The van der Waals surface area contributed by atoms with E-state index < -0.39 is 11.2 Å². The first-order chi connectivity index (χ1) is 16.3. The Morgan fingerprint density at radius 2 is 1.88 bits per heavy atom. The van der Waals surface area contributed by atoms with Crippen molar-refractivity contribution in [3.63, 3.8) is 0 Å². The van der Waals surface area contributed by atoms with Gasteiger partial charge in [0, 0.05) is 25.2 Å². The lowest BCUT2D eigenvalue weighted by atomic mass is 10.2. The van der Waals surface area contributed by atoms with E-state index in [-0.39, 0.29) is 36.3 Å². The van der Waals surface area contributed by atoms with Crippen LogP contribution in [0.25, 0.3) is 0 Å². The van der Waals surface area contributed by atoms with Gasteiger partial charge in [-0.2, -0.15) is 0 Å². The summed E-state index contributed by atoms with van der Waals surface area (Å²) in [6, 6.07) is 15.3. The average Bonchev–Trinajstić information content (AvgIpc) is 2.80. The first kappa shape index (κ1) is 25.3. The van der Waals surface area contributed by atoms with Crippen molar-refractivity contribution in [2.75, 3.05) is 36.6 Å². The zero-order valence-electron chi connectivity index (χ0n) is 19.7. The molecule has 1 amide bonds. The summed E-state index contributed by atoms with van der Waals surface area (Å²) in [5.41, 5.74) is 8.08. The molecule has 1 heterocycles. The summed E-state index contributed by atoms with van der Waals surface area (Å²) in [4.78, 5) is 43.4. The number of amides is 1. The number of hydrogen-bond donors (Lipinski definition) is 2. The quantitative estimate of drug-likeness (QED) is 0.340. The van der Waals surface area contributed by atoms with Crippen molar-refractivity contribution in [2.45, 2.75) is 31.7 Å². The number of nitrogens with zero attached hydrogens (tertiary/aromatic N) is 2. The molecule has 0 spiro atoms. The van der Waals surface area contributed by atoms with Crippen LogP contribution in [0.3, 0.4) is 0 Å². The van der Waals surface area contributed by atoms with Crippen molar-refractivity contribution in [3.05, 3.63) is 86.1 Å². The van der Waals surface area contributed by atoms with Crippen LogP contribution >= 0.6 is 11.8 Å². The van der Waals surface area contributed by atoms with Gasteiger partial charge in [-0.25, -0.2) is 4.79 Å². The molecule has 0 radical (unpaired) electrons. The fraction of sp³-hybridized carbons (Fsp3) is 0.320. The molecule has 8 nitrogen and oxygen atoms in total. The van der Waals surface area contributed by atoms with E-state index in [0.717, 1.165) is 21.6 Å². The number of H-pyrrole nitrogens is 1. The summed E-state index contributed by atoms with van der Waals surface area (Å²) >= 11 is 1.40. The summed E-state index contributed by atoms with van der Waals surface area (Å²) in [5, 5.41) is 0. The molecular weight excluding hydrogens is 452 g/mol. The highest BCUT2D eigenvalue weighted by molar-refractivity contribution is 8.00. The van der Waals surface area contributed by atoms with Crippen LogP contribution in [0.4, 0.5) is 11.5 Å². The molecule has 0 aliphatic heterocycles. The number of benzene rings is 2. The number of anilines is 2. The van der Waals surface area contributed by atoms with Gasteiger partial charge in [0.15, 0.2) is 5.69 Å². The Bertz CT molecular complexity index is 1250. The van der Waals surface area contributed by atoms with Crippen molar-refractivity contribution in [3.8, 4) is 0 Å². The molecule has 9 heteroatoms. The molecule has 0 fully saturated rings. The molecule has 180 valence electrons. The summed E-state index contributed by atoms with van der Waals surface area (Å²) < 4.78 is 6.41. The molecule has 0 saturated carbocycles. The number of ether oxygens (including phenoxy) is 1. The van der Waals surface area contributed by atoms with Gasteiger partial charge in [0.25, 0.3) is 5.56 Å². The highest BCUT2D eigenvalue weighted by Gasteiger charge is 2.24. The zero-order chi connectivity index (χ0) is 24.7. The topological polar surface area (TPSA) is 110 Å². The number of carbonyl (C=O) groups is 1. The largest absolute Gasteiger partial charge is 0.385 e. The SMILES string of the molecule is COCCCN(C(=O)CSc1ccc(C)cc1C)c1c(N)n(Cc2ccccc2)c(=O)[nH]c1=O. The maximum absolute atomic E-state index is 13.3. The predicted octanol–water partition coefficient (Wildman–Crippen LogP) is 2.95. The lowest BCUT2D eigenvalue weighted by molar-refractivity contribution is -0.116. The molecule has 2 aromatic carbocycles. The van der Waals surface area contributed by atoms with E-state index in [4.69, 9.17) is 10.5 Å². The van der Waals surface area contributed by atoms with E-state index in [2.05, 4.69) is 11.1 Å². The van der Waals surface area contributed by atoms with E-state index in [0.29, 0.717) is 13.0 Å². The number of aromatic nitrogens is 2. The fourth-order valence-electron chi connectivity index (χ4n) is 3.67. The van der Waals surface area contributed by atoms with Crippen LogP contribution in [0.5, 0.6) is 0 Å². The highest BCUT2D eigenvalue weighted by atomic mass is 32.2. The molecule has 0 saturated heterocycles. The average molecular weight is 483 g/mol. The van der Waals surface area contributed by atoms with E-state index in [1.165, 1.54) is 21.2 Å². The van der Waals surface area contributed by atoms with E-state index in [1.54, 1.807) is 7.11 Å². The van der Waals surface area contributed by atoms with E-state index >= 15 is 0 Å². The number of hydrogen-bond acceptors (Lipinski definition) is 6. The Hall–Kier alpha value is -3.30. The van der Waals surface area contributed by atoms with Gasteiger partial charge in [-0.05, 0) is 37.5 Å². The minimum absolute atomic E-state index is 0.0159. The van der Waals surface area contributed by atoms with Gasteiger partial charge in [-0.15, -0.1) is 11.8 Å². The minimum Gasteiger partial charge on any atom is -0.385 e. The Morgan fingerprint density at radius 3 is 2.56 bits per heavy atom. The molecule has 3 N–H and O–H groups in total. The molecule has 3 rings (SSSR count). The van der Waals surface area contributed by atoms with Crippen LogP contribution in [0.15, 0.2) is 63.0 Å². The lowest BCUT2D eigenvalue weighted by Crippen LogP contribution is -2.42. The van der Waals surface area contributed by atoms with Crippen LogP contribution in [0.2, 0.25) is 0 Å². The summed E-state index contributed by atoms with van der Waals surface area (Å²) in [6.07, 6.45) is 0.507. The third kappa shape index (κ3) is 6.18. The van der Waals surface area contributed by atoms with Gasteiger partial charge in [0.05, 0.1) is 12.3 Å². The highest BCUT2D eigenvalue weighted by Crippen LogP contribution is 2.25. The third-order valence-corrected chi connectivity index (χ3v) is 6.54. The van der Waals surface area contributed by atoms with Crippen molar-refractivity contribution >= 4 is 29.2 Å². The number of rotatable bonds is 10. The van der Waals surface area contributed by atoms with E-state index in [1.807, 2.05) is 56.3 Å². The van der Waals surface area contributed by atoms with Gasteiger partial charge >= 0.3 is 5.69 Å². The second-order valence-corrected chi connectivity index (χ2v) is 9.03. The Labute approximate surface area is 202 Å². The molecule has 0 aliphatic rings. The minimum atomic E-state index is -0.686. The first-order valence-electron chi connectivity index (χ1n) is 11.0. The molecule has 0 bridgehead atoms. The number of aryl methyl sites for hydroxylation is 2. The standard InChI is InChI=1S/C25H30N4O4S/c1-17-10-11-20(18(2)14-17)34-16-21(30)28(12-7-13-33-3)22-23(26)29(25(32)27-24(22)31)15-19-8-5-4-6-9-19/h4-6,8-11,14H,7,12-13,15-16,26H2,1-3H3,(H,27,31,32). The maximum Gasteiger partial charge on any atom is 0.330 e. The van der Waals surface area contributed by atoms with Gasteiger partial charge in [-0.3, -0.25) is 19.1 Å². The van der Waals surface area contributed by atoms with Crippen molar-refractivity contribution in [2.24, 2.45) is 0 Å². The van der Waals surface area contributed by atoms with E-state index in [9.17, 15) is 14.4 Å². The molecule has 1 aromatic heterocycles. The number of nitrogens with one attached hydrogen (secondary N) is 1. The van der Waals surface area contributed by atoms with Gasteiger partial charge < -0.3 is 15.4 Å². The van der Waals surface area contributed by atoms with Crippen molar-refractivity contribution in [1.82, 2.24) is 9.55 Å². The third-order valence-electron chi connectivity index (χ3n) is 5.38. The van der Waals surface area contributed by atoms with Gasteiger partial charge in [0.1, 0.15) is 5.82 Å². The number of nitrogens with two attached hydrogens (primary N) is 1. The first-order valence-corrected chi connectivity index (χ1v) is 12.0. The van der Waals surface area contributed by atoms with Crippen LogP contribution in [-0.4, -0.2) is 41.5 Å². The van der Waals surface area contributed by atoms with Crippen molar-refractivity contribution in [1.29, 1.82) is 0 Å². The predicted molar refractivity (Wildman–Crippen MR) is 137 cm³/mol. The van der Waals surface area contributed by atoms with Crippen molar-refractivity contribution < 1.29 is 9.53 Å². The second-order valence-electron chi connectivity index (χ2n) is 8.01. The summed E-state index contributed by atoms with van der Waals surface area (Å²) in [5.74, 6) is -0.198. The summed E-state index contributed by atoms with van der Waals surface area (Å²) in [7, 11) is 1.57. The monoisotopic (exact) mass is 482 g/mol. The molecule has 0 atom stereocenters. The Kier molecular flexibility index (Phi) is 8.72. The Balaban J connectivity index is 1.94. The summed E-state index contributed by atoms with van der Waals surface area (Å²) in [6.45, 7) is 4.83. The maximum atomic E-state index is 13.3. The molecule has 0 unspecified atom stereocenters. The zero-order valence-corrected chi connectivity index (χ0v) is 20.5. The van der Waals surface area contributed by atoms with Crippen LogP contribution < -0.4 is 21.9 Å². The lowest BCUT2D eigenvalue weighted by Gasteiger charge is -2.24. The fourth-order valence-corrected chi connectivity index (χ4v) is 4.55. The van der Waals surface area contributed by atoms with Crippen LogP contribution in [0, 0.1) is 13.8 Å². The number of carbonyl (C=O) groups excluding carboxylic acids is 1. The number of aromatic amines is 1. The molecule has 0 aliphatic carbocycles. The Morgan fingerprint density at radius 1 is 1.15 bits per heavy atom. The van der Waals surface area contributed by atoms with Gasteiger partial charge in [-0.1, -0.05) is 48.0 Å². The molecular formula is C25H30N4O4S. The number of methoxy groups -OCH3 is 1. The second kappa shape index (κ2) is 11.7. The van der Waals surface area contributed by atoms with Crippen LogP contribution in [-0.2, 0) is 16.1 Å². The molecule has 3 aromatic rings.